The molecule has 2 aromatic carbocycles. The number of piperidine rings is 1. The van der Waals surface area contributed by atoms with Gasteiger partial charge in [0.05, 0.1) is 5.75 Å². The summed E-state index contributed by atoms with van der Waals surface area (Å²) in [6.07, 6.45) is 2.20. The van der Waals surface area contributed by atoms with Crippen molar-refractivity contribution in [1.29, 1.82) is 0 Å². The fourth-order valence-corrected chi connectivity index (χ4v) is 4.70. The third-order valence-corrected chi connectivity index (χ3v) is 6.17. The highest BCUT2D eigenvalue weighted by molar-refractivity contribution is 8.00. The van der Waals surface area contributed by atoms with E-state index in [-0.39, 0.29) is 18.3 Å². The molecule has 1 fully saturated rings. The summed E-state index contributed by atoms with van der Waals surface area (Å²) < 4.78 is 0. The second-order valence-electron chi connectivity index (χ2n) is 6.51. The summed E-state index contributed by atoms with van der Waals surface area (Å²) in [5, 5.41) is 6.33. The van der Waals surface area contributed by atoms with E-state index in [2.05, 4.69) is 30.4 Å². The first-order valence-corrected chi connectivity index (χ1v) is 10.3. The highest BCUT2D eigenvalue weighted by atomic mass is 35.5. The number of nitrogens with zero attached hydrogens (tertiary/aromatic N) is 1. The Balaban J connectivity index is 0.00000243. The van der Waals surface area contributed by atoms with Crippen LogP contribution in [0.25, 0.3) is 10.8 Å². The van der Waals surface area contributed by atoms with Crippen LogP contribution >= 0.6 is 35.8 Å². The number of benzene rings is 2. The highest BCUT2D eigenvalue weighted by Gasteiger charge is 2.22. The van der Waals surface area contributed by atoms with Crippen LogP contribution in [0.5, 0.6) is 0 Å². The third kappa shape index (κ3) is 5.29. The molecule has 0 aromatic heterocycles. The lowest BCUT2D eigenvalue weighted by atomic mass is 9.97. The smallest absolute Gasteiger partial charge is 0.232 e. The first kappa shape index (κ1) is 21.4. The number of amides is 1. The molecule has 0 atom stereocenters. The Morgan fingerprint density at radius 2 is 1.92 bits per heavy atom. The minimum Gasteiger partial charge on any atom is -0.342 e. The Hall–Kier alpha value is -0.940. The molecular formula is C20H26Cl2N2OS. The van der Waals surface area contributed by atoms with Gasteiger partial charge in [-0.05, 0) is 49.4 Å². The Labute approximate surface area is 171 Å². The molecule has 3 nitrogen and oxygen atoms in total. The van der Waals surface area contributed by atoms with Crippen LogP contribution < -0.4 is 5.32 Å². The van der Waals surface area contributed by atoms with Crippen LogP contribution in [0.4, 0.5) is 0 Å². The second-order valence-corrected chi connectivity index (χ2v) is 7.94. The van der Waals surface area contributed by atoms with Gasteiger partial charge < -0.3 is 10.2 Å². The predicted octanol–water partition coefficient (Wildman–Crippen LogP) is 4.86. The molecule has 0 radical (unpaired) electrons. The van der Waals surface area contributed by atoms with E-state index in [0.717, 1.165) is 59.7 Å². The zero-order chi connectivity index (χ0) is 17.6. The molecule has 0 unspecified atom stereocenters. The Kier molecular flexibility index (Phi) is 8.55. The van der Waals surface area contributed by atoms with E-state index in [1.54, 1.807) is 11.8 Å². The molecular weight excluding hydrogens is 387 g/mol. The first-order chi connectivity index (χ1) is 12.2. The lowest BCUT2D eigenvalue weighted by Crippen LogP contribution is -2.41. The molecule has 1 aliphatic heterocycles. The Morgan fingerprint density at radius 3 is 2.62 bits per heavy atom. The van der Waals surface area contributed by atoms with E-state index < -0.39 is 0 Å². The average Bonchev–Trinajstić information content (AvgIpc) is 2.65. The van der Waals surface area contributed by atoms with Crippen LogP contribution in [-0.4, -0.2) is 42.7 Å². The fraction of sp³-hybridized carbons (Fsp3) is 0.450. The van der Waals surface area contributed by atoms with Crippen LogP contribution in [0.3, 0.4) is 0 Å². The van der Waals surface area contributed by atoms with Gasteiger partial charge in [-0.15, -0.1) is 24.2 Å². The lowest BCUT2D eigenvalue weighted by molar-refractivity contribution is -0.129. The van der Waals surface area contributed by atoms with Gasteiger partial charge in [0.15, 0.2) is 0 Å². The van der Waals surface area contributed by atoms with Gasteiger partial charge in [-0.25, -0.2) is 0 Å². The molecule has 1 aliphatic rings. The monoisotopic (exact) mass is 412 g/mol. The van der Waals surface area contributed by atoms with Gasteiger partial charge in [0.2, 0.25) is 5.91 Å². The summed E-state index contributed by atoms with van der Waals surface area (Å²) in [4.78, 5) is 15.7. The quantitative estimate of drug-likeness (QED) is 0.687. The number of halogens is 2. The van der Waals surface area contributed by atoms with Crippen molar-refractivity contribution >= 4 is 52.4 Å². The van der Waals surface area contributed by atoms with Gasteiger partial charge in [-0.1, -0.05) is 42.8 Å². The van der Waals surface area contributed by atoms with Crippen molar-refractivity contribution in [3.8, 4) is 0 Å². The highest BCUT2D eigenvalue weighted by Crippen LogP contribution is 2.33. The summed E-state index contributed by atoms with van der Waals surface area (Å²) in [5.41, 5.74) is 0. The first-order valence-electron chi connectivity index (χ1n) is 8.97. The number of likely N-dealkylation sites (tertiary alicyclic amines) is 1. The van der Waals surface area contributed by atoms with Gasteiger partial charge in [0.1, 0.15) is 0 Å². The van der Waals surface area contributed by atoms with Crippen molar-refractivity contribution in [2.75, 3.05) is 31.9 Å². The van der Waals surface area contributed by atoms with E-state index in [1.807, 2.05) is 23.1 Å². The molecule has 1 N–H and O–H groups in total. The van der Waals surface area contributed by atoms with Crippen molar-refractivity contribution in [2.45, 2.75) is 24.7 Å². The maximum atomic E-state index is 12.6. The molecule has 0 saturated carbocycles. The lowest BCUT2D eigenvalue weighted by Gasteiger charge is -2.32. The summed E-state index contributed by atoms with van der Waals surface area (Å²) in [5.74, 6) is 1.41. The molecule has 142 valence electrons. The predicted molar refractivity (Wildman–Crippen MR) is 115 cm³/mol. The molecule has 6 heteroatoms. The van der Waals surface area contributed by atoms with E-state index in [4.69, 9.17) is 11.6 Å². The SMILES string of the molecule is CCNCC1CCN(C(=O)CSc2cccc3cccc(Cl)c23)CC1.Cl. The number of rotatable bonds is 6. The minimum atomic E-state index is 0. The number of carbonyl (C=O) groups is 1. The van der Waals surface area contributed by atoms with Crippen LogP contribution in [-0.2, 0) is 4.79 Å². The number of thioether (sulfide) groups is 1. The van der Waals surface area contributed by atoms with Crippen molar-refractivity contribution in [3.63, 3.8) is 0 Å². The summed E-state index contributed by atoms with van der Waals surface area (Å²) in [6.45, 7) is 5.98. The number of fused-ring (bicyclic) bond motifs is 1. The number of nitrogens with one attached hydrogen (secondary N) is 1. The van der Waals surface area contributed by atoms with Crippen molar-refractivity contribution in [3.05, 3.63) is 41.4 Å². The van der Waals surface area contributed by atoms with Crippen molar-refractivity contribution in [2.24, 2.45) is 5.92 Å². The van der Waals surface area contributed by atoms with Crippen LogP contribution in [0.2, 0.25) is 5.02 Å². The Bertz CT molecular complexity index is 728. The largest absolute Gasteiger partial charge is 0.342 e. The summed E-state index contributed by atoms with van der Waals surface area (Å²) in [6, 6.07) is 12.1. The summed E-state index contributed by atoms with van der Waals surface area (Å²) in [7, 11) is 0. The molecule has 0 aliphatic carbocycles. The molecule has 0 spiro atoms. The molecule has 1 saturated heterocycles. The molecule has 1 heterocycles. The van der Waals surface area contributed by atoms with E-state index in [1.165, 1.54) is 0 Å². The average molecular weight is 413 g/mol. The third-order valence-electron chi connectivity index (χ3n) is 4.82. The van der Waals surface area contributed by atoms with Crippen LogP contribution in [0, 0.1) is 5.92 Å². The zero-order valence-electron chi connectivity index (χ0n) is 15.0. The van der Waals surface area contributed by atoms with Crippen LogP contribution in [0.1, 0.15) is 19.8 Å². The van der Waals surface area contributed by atoms with Crippen molar-refractivity contribution in [1.82, 2.24) is 10.2 Å². The molecule has 2 aromatic rings. The van der Waals surface area contributed by atoms with Gasteiger partial charge in [-0.2, -0.15) is 0 Å². The number of hydrogen-bond acceptors (Lipinski definition) is 3. The van der Waals surface area contributed by atoms with E-state index >= 15 is 0 Å². The van der Waals surface area contributed by atoms with Gasteiger partial charge in [0.25, 0.3) is 0 Å². The Morgan fingerprint density at radius 1 is 1.23 bits per heavy atom. The standard InChI is InChI=1S/C20H25ClN2OS.ClH/c1-2-22-13-15-9-11-23(12-10-15)19(24)14-25-18-8-4-6-16-5-3-7-17(21)20(16)18;/h3-8,15,22H,2,9-14H2,1H3;1H. The van der Waals surface area contributed by atoms with Crippen molar-refractivity contribution < 1.29 is 4.79 Å². The van der Waals surface area contributed by atoms with Gasteiger partial charge in [-0.3, -0.25) is 4.79 Å². The summed E-state index contributed by atoms with van der Waals surface area (Å²) >= 11 is 7.96. The topological polar surface area (TPSA) is 32.3 Å². The number of hydrogen-bond donors (Lipinski definition) is 1. The van der Waals surface area contributed by atoms with E-state index in [0.29, 0.717) is 11.7 Å². The molecule has 1 amide bonds. The molecule has 26 heavy (non-hydrogen) atoms. The maximum Gasteiger partial charge on any atom is 0.232 e. The normalized spacial score (nSPS) is 15.1. The molecule has 0 bridgehead atoms. The van der Waals surface area contributed by atoms with Crippen LogP contribution in [0.15, 0.2) is 41.3 Å². The minimum absolute atomic E-state index is 0. The maximum absolute atomic E-state index is 12.6. The zero-order valence-corrected chi connectivity index (χ0v) is 17.4. The van der Waals surface area contributed by atoms with Gasteiger partial charge >= 0.3 is 0 Å². The van der Waals surface area contributed by atoms with E-state index in [9.17, 15) is 4.79 Å². The fourth-order valence-electron chi connectivity index (χ4n) is 3.35. The number of carbonyl (C=O) groups excluding carboxylic acids is 1. The molecule has 3 rings (SSSR count). The van der Waals surface area contributed by atoms with Gasteiger partial charge in [0, 0.05) is 28.4 Å². The second kappa shape index (κ2) is 10.4.